The van der Waals surface area contributed by atoms with Crippen LogP contribution in [-0.4, -0.2) is 16.3 Å². The van der Waals surface area contributed by atoms with Gasteiger partial charge in [0.05, 0.1) is 11.2 Å². The maximum absolute atomic E-state index is 12.5. The first kappa shape index (κ1) is 14.6. The Kier molecular flexibility index (Phi) is 3.83. The van der Waals surface area contributed by atoms with Gasteiger partial charge in [0.15, 0.2) is 5.75 Å². The van der Waals surface area contributed by atoms with E-state index < -0.39 is 6.36 Å². The second kappa shape index (κ2) is 5.26. The molecule has 1 heterocycles. The van der Waals surface area contributed by atoms with Crippen molar-refractivity contribution in [1.82, 2.24) is 9.97 Å². The Morgan fingerprint density at radius 2 is 1.95 bits per heavy atom. The standard InChI is InChI=1S/C14H15F3N2O/c1-4-9-5-10-13(12(6-9)20-14(15,16)17)19-11(7-18-10)8(2)3/h5-8H,4H2,1-3H3. The first-order valence-corrected chi connectivity index (χ1v) is 6.35. The number of halogens is 3. The maximum Gasteiger partial charge on any atom is 0.573 e. The molecule has 108 valence electrons. The van der Waals surface area contributed by atoms with E-state index in [-0.39, 0.29) is 17.2 Å². The number of rotatable bonds is 3. The minimum atomic E-state index is -4.74. The summed E-state index contributed by atoms with van der Waals surface area (Å²) in [5.41, 5.74) is 1.91. The number of alkyl halides is 3. The summed E-state index contributed by atoms with van der Waals surface area (Å²) in [6.07, 6.45) is -2.56. The molecule has 2 rings (SSSR count). The molecule has 0 unspecified atom stereocenters. The first-order valence-electron chi connectivity index (χ1n) is 6.35. The van der Waals surface area contributed by atoms with Gasteiger partial charge >= 0.3 is 6.36 Å². The summed E-state index contributed by atoms with van der Waals surface area (Å²) >= 11 is 0. The average molecular weight is 284 g/mol. The summed E-state index contributed by atoms with van der Waals surface area (Å²) in [7, 11) is 0. The van der Waals surface area contributed by atoms with Crippen molar-refractivity contribution in [2.24, 2.45) is 0 Å². The van der Waals surface area contributed by atoms with E-state index in [2.05, 4.69) is 14.7 Å². The van der Waals surface area contributed by atoms with Crippen molar-refractivity contribution in [2.45, 2.75) is 39.5 Å². The molecule has 1 aromatic heterocycles. The zero-order valence-electron chi connectivity index (χ0n) is 11.5. The number of benzene rings is 1. The lowest BCUT2D eigenvalue weighted by Crippen LogP contribution is -2.18. The van der Waals surface area contributed by atoms with E-state index in [1.165, 1.54) is 6.07 Å². The fourth-order valence-electron chi connectivity index (χ4n) is 1.84. The van der Waals surface area contributed by atoms with Crippen LogP contribution in [0.4, 0.5) is 13.2 Å². The molecule has 0 fully saturated rings. The SMILES string of the molecule is CCc1cc(OC(F)(F)F)c2nc(C(C)C)cnc2c1. The molecule has 1 aromatic carbocycles. The van der Waals surface area contributed by atoms with Crippen molar-refractivity contribution in [2.75, 3.05) is 0 Å². The number of nitrogens with zero attached hydrogens (tertiary/aromatic N) is 2. The van der Waals surface area contributed by atoms with E-state index >= 15 is 0 Å². The Morgan fingerprint density at radius 1 is 1.25 bits per heavy atom. The number of aryl methyl sites for hydroxylation is 1. The molecular formula is C14H15F3N2O. The molecule has 0 aliphatic heterocycles. The molecule has 6 heteroatoms. The smallest absolute Gasteiger partial charge is 0.403 e. The van der Waals surface area contributed by atoms with E-state index in [0.29, 0.717) is 17.6 Å². The van der Waals surface area contributed by atoms with Crippen molar-refractivity contribution in [1.29, 1.82) is 0 Å². The fraction of sp³-hybridized carbons (Fsp3) is 0.429. The molecule has 0 spiro atoms. The van der Waals surface area contributed by atoms with Crippen LogP contribution in [0.3, 0.4) is 0 Å². The van der Waals surface area contributed by atoms with E-state index in [1.54, 1.807) is 12.3 Å². The maximum atomic E-state index is 12.5. The van der Waals surface area contributed by atoms with Gasteiger partial charge in [-0.2, -0.15) is 0 Å². The van der Waals surface area contributed by atoms with E-state index in [4.69, 9.17) is 0 Å². The number of fused-ring (bicyclic) bond motifs is 1. The number of aromatic nitrogens is 2. The molecule has 0 atom stereocenters. The molecule has 3 nitrogen and oxygen atoms in total. The molecule has 0 aliphatic rings. The molecule has 0 bridgehead atoms. The van der Waals surface area contributed by atoms with Crippen LogP contribution in [0.15, 0.2) is 18.3 Å². The third-order valence-corrected chi connectivity index (χ3v) is 2.92. The monoisotopic (exact) mass is 284 g/mol. The molecule has 0 saturated carbocycles. The fourth-order valence-corrected chi connectivity index (χ4v) is 1.84. The van der Waals surface area contributed by atoms with Gasteiger partial charge in [0.1, 0.15) is 5.52 Å². The zero-order chi connectivity index (χ0) is 14.9. The molecule has 2 aromatic rings. The van der Waals surface area contributed by atoms with Crippen LogP contribution in [0.25, 0.3) is 11.0 Å². The van der Waals surface area contributed by atoms with Crippen LogP contribution < -0.4 is 4.74 Å². The van der Waals surface area contributed by atoms with Crippen LogP contribution in [0.5, 0.6) is 5.75 Å². The summed E-state index contributed by atoms with van der Waals surface area (Å²) in [5, 5.41) is 0. The molecule has 20 heavy (non-hydrogen) atoms. The highest BCUT2D eigenvalue weighted by Gasteiger charge is 2.32. The second-order valence-corrected chi connectivity index (χ2v) is 4.81. The predicted octanol–water partition coefficient (Wildman–Crippen LogP) is 4.21. The Labute approximate surface area is 114 Å². The van der Waals surface area contributed by atoms with Crippen LogP contribution in [0.1, 0.15) is 37.9 Å². The Balaban J connectivity index is 2.63. The van der Waals surface area contributed by atoms with Crippen LogP contribution >= 0.6 is 0 Å². The summed E-state index contributed by atoms with van der Waals surface area (Å²) in [4.78, 5) is 8.44. The topological polar surface area (TPSA) is 35.0 Å². The highest BCUT2D eigenvalue weighted by Crippen LogP contribution is 2.31. The second-order valence-electron chi connectivity index (χ2n) is 4.81. The average Bonchev–Trinajstić information content (AvgIpc) is 2.36. The summed E-state index contributed by atoms with van der Waals surface area (Å²) in [5.74, 6) is -0.210. The Bertz CT molecular complexity index is 624. The van der Waals surface area contributed by atoms with Crippen LogP contribution in [0, 0.1) is 0 Å². The van der Waals surface area contributed by atoms with Crippen molar-refractivity contribution < 1.29 is 17.9 Å². The van der Waals surface area contributed by atoms with E-state index in [9.17, 15) is 13.2 Å². The summed E-state index contributed by atoms with van der Waals surface area (Å²) < 4.78 is 41.6. The highest BCUT2D eigenvalue weighted by molar-refractivity contribution is 5.82. The van der Waals surface area contributed by atoms with Gasteiger partial charge in [-0.1, -0.05) is 20.8 Å². The zero-order valence-corrected chi connectivity index (χ0v) is 11.5. The molecular weight excluding hydrogens is 269 g/mol. The van der Waals surface area contributed by atoms with Gasteiger partial charge < -0.3 is 4.74 Å². The Hall–Kier alpha value is -1.85. The molecule has 0 amide bonds. The van der Waals surface area contributed by atoms with Crippen LogP contribution in [-0.2, 0) is 6.42 Å². The summed E-state index contributed by atoms with van der Waals surface area (Å²) in [6, 6.07) is 3.10. The predicted molar refractivity (Wildman–Crippen MR) is 69.7 cm³/mol. The van der Waals surface area contributed by atoms with Gasteiger partial charge in [0.2, 0.25) is 0 Å². The molecule has 0 saturated heterocycles. The number of hydrogen-bond donors (Lipinski definition) is 0. The van der Waals surface area contributed by atoms with Gasteiger partial charge in [-0.15, -0.1) is 13.2 Å². The third kappa shape index (κ3) is 3.18. The number of hydrogen-bond acceptors (Lipinski definition) is 3. The first-order chi connectivity index (χ1) is 9.30. The molecule has 0 aliphatic carbocycles. The van der Waals surface area contributed by atoms with Gasteiger partial charge in [0, 0.05) is 6.20 Å². The summed E-state index contributed by atoms with van der Waals surface area (Å²) in [6.45, 7) is 5.66. The van der Waals surface area contributed by atoms with Crippen molar-refractivity contribution in [3.8, 4) is 5.75 Å². The quantitative estimate of drug-likeness (QED) is 0.846. The van der Waals surface area contributed by atoms with Crippen molar-refractivity contribution in [3.05, 3.63) is 29.6 Å². The van der Waals surface area contributed by atoms with E-state index in [0.717, 1.165) is 5.56 Å². The highest BCUT2D eigenvalue weighted by atomic mass is 19.4. The van der Waals surface area contributed by atoms with Gasteiger partial charge in [-0.05, 0) is 30.0 Å². The lowest BCUT2D eigenvalue weighted by Gasteiger charge is -2.13. The minimum absolute atomic E-state index is 0.0801. The lowest BCUT2D eigenvalue weighted by molar-refractivity contribution is -0.274. The minimum Gasteiger partial charge on any atom is -0.403 e. The van der Waals surface area contributed by atoms with Gasteiger partial charge in [-0.3, -0.25) is 4.98 Å². The number of ether oxygens (including phenoxy) is 1. The normalized spacial score (nSPS) is 12.2. The van der Waals surface area contributed by atoms with Crippen LogP contribution in [0.2, 0.25) is 0 Å². The van der Waals surface area contributed by atoms with Gasteiger partial charge in [-0.25, -0.2) is 4.98 Å². The third-order valence-electron chi connectivity index (χ3n) is 2.92. The lowest BCUT2D eigenvalue weighted by atomic mass is 10.1. The molecule has 0 radical (unpaired) electrons. The molecule has 0 N–H and O–H groups in total. The van der Waals surface area contributed by atoms with Crippen molar-refractivity contribution >= 4 is 11.0 Å². The van der Waals surface area contributed by atoms with Crippen molar-refractivity contribution in [3.63, 3.8) is 0 Å². The van der Waals surface area contributed by atoms with E-state index in [1.807, 2.05) is 20.8 Å². The largest absolute Gasteiger partial charge is 0.573 e. The van der Waals surface area contributed by atoms with Gasteiger partial charge in [0.25, 0.3) is 0 Å². The Morgan fingerprint density at radius 3 is 2.50 bits per heavy atom.